The third kappa shape index (κ3) is 5.49. The maximum atomic E-state index is 5.84. The zero-order valence-corrected chi connectivity index (χ0v) is 15.2. The molecule has 1 heterocycles. The van der Waals surface area contributed by atoms with E-state index in [1.165, 1.54) is 12.8 Å². The van der Waals surface area contributed by atoms with Gasteiger partial charge in [0.2, 0.25) is 0 Å². The Morgan fingerprint density at radius 2 is 1.77 bits per heavy atom. The summed E-state index contributed by atoms with van der Waals surface area (Å²) in [5.74, 6) is 1.81. The van der Waals surface area contributed by atoms with Crippen LogP contribution in [0.3, 0.4) is 0 Å². The molecule has 2 aromatic rings. The lowest BCUT2D eigenvalue weighted by Gasteiger charge is -2.21. The highest BCUT2D eigenvalue weighted by atomic mass is 16.5. The van der Waals surface area contributed by atoms with Gasteiger partial charge in [0, 0.05) is 19.6 Å². The maximum Gasteiger partial charge on any atom is 0.199 e. The normalized spacial score (nSPS) is 14.5. The van der Waals surface area contributed by atoms with Crippen LogP contribution in [0.1, 0.15) is 24.8 Å². The third-order valence-corrected chi connectivity index (χ3v) is 4.39. The van der Waals surface area contributed by atoms with Crippen molar-refractivity contribution in [2.45, 2.75) is 25.9 Å². The van der Waals surface area contributed by atoms with Crippen LogP contribution in [0.5, 0.6) is 5.75 Å². The van der Waals surface area contributed by atoms with Gasteiger partial charge in [-0.15, -0.1) is 0 Å². The number of aliphatic imine (C=N–C) groups is 1. The number of nitrogens with two attached hydrogens (primary N) is 1. The first-order valence-electron chi connectivity index (χ1n) is 9.39. The van der Waals surface area contributed by atoms with Gasteiger partial charge in [-0.3, -0.25) is 0 Å². The van der Waals surface area contributed by atoms with E-state index in [4.69, 9.17) is 15.5 Å². The second-order valence-corrected chi connectivity index (χ2v) is 6.47. The van der Waals surface area contributed by atoms with Crippen molar-refractivity contribution in [2.75, 3.05) is 26.2 Å². The van der Waals surface area contributed by atoms with Gasteiger partial charge >= 0.3 is 0 Å². The third-order valence-electron chi connectivity index (χ3n) is 4.39. The molecule has 5 nitrogen and oxygen atoms in total. The number of ether oxygens (including phenoxy) is 1. The molecule has 0 amide bonds. The number of hydrogen-bond acceptors (Lipinski definition) is 3. The standard InChI is InChI=1S/C21H28N4O/c22-13-6-14-23-21(25-15-4-5-16-25)24-19-9-11-20(12-10-19)26-17-18-7-2-1-3-8-18/h1-3,7-12H,4-6,13-17,22H2,(H,23,24). The molecule has 0 radical (unpaired) electrons. The van der Waals surface area contributed by atoms with E-state index in [2.05, 4.69) is 22.3 Å². The van der Waals surface area contributed by atoms with Crippen LogP contribution < -0.4 is 15.8 Å². The van der Waals surface area contributed by atoms with Crippen LogP contribution in [0.15, 0.2) is 59.6 Å². The molecule has 0 saturated carbocycles. The molecule has 1 aliphatic rings. The highest BCUT2D eigenvalue weighted by Gasteiger charge is 2.16. The van der Waals surface area contributed by atoms with E-state index >= 15 is 0 Å². The SMILES string of the molecule is NCCCN/C(=N/c1ccc(OCc2ccccc2)cc1)N1CCCC1. The molecule has 0 aliphatic carbocycles. The summed E-state index contributed by atoms with van der Waals surface area (Å²) in [6.07, 6.45) is 3.40. The zero-order chi connectivity index (χ0) is 18.0. The summed E-state index contributed by atoms with van der Waals surface area (Å²) in [5, 5.41) is 3.44. The maximum absolute atomic E-state index is 5.84. The van der Waals surface area contributed by atoms with E-state index in [1.807, 2.05) is 42.5 Å². The Hall–Kier alpha value is -2.53. The Bertz CT molecular complexity index is 679. The fraction of sp³-hybridized carbons (Fsp3) is 0.381. The van der Waals surface area contributed by atoms with Crippen molar-refractivity contribution in [3.63, 3.8) is 0 Å². The van der Waals surface area contributed by atoms with Gasteiger partial charge in [0.05, 0.1) is 5.69 Å². The van der Waals surface area contributed by atoms with Gasteiger partial charge in [0.25, 0.3) is 0 Å². The zero-order valence-electron chi connectivity index (χ0n) is 15.2. The molecule has 26 heavy (non-hydrogen) atoms. The number of nitrogens with one attached hydrogen (secondary N) is 1. The van der Waals surface area contributed by atoms with Gasteiger partial charge in [-0.05, 0) is 55.6 Å². The number of hydrogen-bond donors (Lipinski definition) is 2. The first-order chi connectivity index (χ1) is 12.8. The van der Waals surface area contributed by atoms with Crippen molar-refractivity contribution in [1.29, 1.82) is 0 Å². The Morgan fingerprint density at radius 1 is 1.04 bits per heavy atom. The van der Waals surface area contributed by atoms with E-state index in [0.29, 0.717) is 13.2 Å². The lowest BCUT2D eigenvalue weighted by molar-refractivity contribution is 0.306. The number of benzene rings is 2. The average Bonchev–Trinajstić information content (AvgIpc) is 3.22. The summed E-state index contributed by atoms with van der Waals surface area (Å²) in [7, 11) is 0. The largest absolute Gasteiger partial charge is 0.489 e. The van der Waals surface area contributed by atoms with Crippen molar-refractivity contribution in [2.24, 2.45) is 10.7 Å². The molecule has 138 valence electrons. The lowest BCUT2D eigenvalue weighted by atomic mass is 10.2. The van der Waals surface area contributed by atoms with E-state index in [-0.39, 0.29) is 0 Å². The predicted octanol–water partition coefficient (Wildman–Crippen LogP) is 3.29. The summed E-state index contributed by atoms with van der Waals surface area (Å²) < 4.78 is 5.84. The number of rotatable bonds is 7. The highest BCUT2D eigenvalue weighted by Crippen LogP contribution is 2.20. The summed E-state index contributed by atoms with van der Waals surface area (Å²) in [5.41, 5.74) is 7.69. The van der Waals surface area contributed by atoms with Crippen LogP contribution in [0, 0.1) is 0 Å². The van der Waals surface area contributed by atoms with Crippen molar-refractivity contribution in [1.82, 2.24) is 10.2 Å². The molecule has 0 bridgehead atoms. The number of nitrogens with zero attached hydrogens (tertiary/aromatic N) is 2. The van der Waals surface area contributed by atoms with Crippen molar-refractivity contribution in [3.8, 4) is 5.75 Å². The summed E-state index contributed by atoms with van der Waals surface area (Å²) in [4.78, 5) is 7.12. The van der Waals surface area contributed by atoms with E-state index in [1.54, 1.807) is 0 Å². The summed E-state index contributed by atoms with van der Waals surface area (Å²) in [6.45, 7) is 4.24. The molecule has 2 aromatic carbocycles. The van der Waals surface area contributed by atoms with E-state index < -0.39 is 0 Å². The van der Waals surface area contributed by atoms with E-state index in [0.717, 1.165) is 49.0 Å². The summed E-state index contributed by atoms with van der Waals surface area (Å²) in [6, 6.07) is 18.1. The van der Waals surface area contributed by atoms with Gasteiger partial charge < -0.3 is 20.7 Å². The van der Waals surface area contributed by atoms with Gasteiger partial charge in [-0.2, -0.15) is 0 Å². The predicted molar refractivity (Wildman–Crippen MR) is 107 cm³/mol. The molecule has 5 heteroatoms. The molecule has 0 unspecified atom stereocenters. The average molecular weight is 352 g/mol. The van der Waals surface area contributed by atoms with E-state index in [9.17, 15) is 0 Å². The van der Waals surface area contributed by atoms with Crippen LogP contribution in [0.2, 0.25) is 0 Å². The fourth-order valence-electron chi connectivity index (χ4n) is 2.93. The Kier molecular flexibility index (Phi) is 6.90. The lowest BCUT2D eigenvalue weighted by Crippen LogP contribution is -2.40. The molecule has 3 N–H and O–H groups in total. The van der Waals surface area contributed by atoms with Crippen molar-refractivity contribution >= 4 is 11.6 Å². The van der Waals surface area contributed by atoms with Crippen LogP contribution >= 0.6 is 0 Å². The smallest absolute Gasteiger partial charge is 0.199 e. The quantitative estimate of drug-likeness (QED) is 0.456. The Balaban J connectivity index is 1.61. The minimum absolute atomic E-state index is 0.573. The van der Waals surface area contributed by atoms with Crippen LogP contribution in [0.4, 0.5) is 5.69 Å². The molecule has 1 aliphatic heterocycles. The first-order valence-corrected chi connectivity index (χ1v) is 9.39. The fourth-order valence-corrected chi connectivity index (χ4v) is 2.93. The topological polar surface area (TPSA) is 62.9 Å². The minimum Gasteiger partial charge on any atom is -0.489 e. The van der Waals surface area contributed by atoms with Gasteiger partial charge in [-0.1, -0.05) is 30.3 Å². The highest BCUT2D eigenvalue weighted by molar-refractivity contribution is 5.83. The molecule has 1 fully saturated rings. The van der Waals surface area contributed by atoms with Crippen molar-refractivity contribution < 1.29 is 4.74 Å². The Morgan fingerprint density at radius 3 is 2.46 bits per heavy atom. The van der Waals surface area contributed by atoms with Gasteiger partial charge in [-0.25, -0.2) is 4.99 Å². The van der Waals surface area contributed by atoms with Crippen LogP contribution in [0.25, 0.3) is 0 Å². The molecule has 3 rings (SSSR count). The van der Waals surface area contributed by atoms with Gasteiger partial charge in [0.15, 0.2) is 5.96 Å². The van der Waals surface area contributed by atoms with Gasteiger partial charge in [0.1, 0.15) is 12.4 Å². The molecule has 0 spiro atoms. The second kappa shape index (κ2) is 9.82. The molecule has 0 atom stereocenters. The second-order valence-electron chi connectivity index (χ2n) is 6.47. The molecule has 0 aromatic heterocycles. The summed E-state index contributed by atoms with van der Waals surface area (Å²) >= 11 is 0. The minimum atomic E-state index is 0.573. The molecule has 1 saturated heterocycles. The molecular weight excluding hydrogens is 324 g/mol. The Labute approximate surface area is 155 Å². The van der Waals surface area contributed by atoms with Crippen molar-refractivity contribution in [3.05, 3.63) is 60.2 Å². The first kappa shape index (κ1) is 18.3. The number of likely N-dealkylation sites (tertiary alicyclic amines) is 1. The van der Waals surface area contributed by atoms with Crippen LogP contribution in [-0.4, -0.2) is 37.0 Å². The van der Waals surface area contributed by atoms with Crippen LogP contribution in [-0.2, 0) is 6.61 Å². The monoisotopic (exact) mass is 352 g/mol. The number of guanidine groups is 1. The molecular formula is C21H28N4O.